The quantitative estimate of drug-likeness (QED) is 0.721. The molecule has 6 heteroatoms. The molecule has 0 bridgehead atoms. The van der Waals surface area contributed by atoms with E-state index in [-0.39, 0.29) is 11.1 Å². The maximum absolute atomic E-state index is 5.41. The van der Waals surface area contributed by atoms with Crippen LogP contribution in [0.25, 0.3) is 0 Å². The molecule has 1 atom stereocenters. The number of rotatable bonds is 6. The van der Waals surface area contributed by atoms with Gasteiger partial charge in [-0.25, -0.2) is 9.97 Å². The number of thiocarbonyl (C=S) groups is 1. The van der Waals surface area contributed by atoms with Crippen molar-refractivity contribution in [2.75, 3.05) is 18.5 Å². The SMILES string of the molecule is CCOC(C)CNc1cnc(C(N)=S)cn1. The Morgan fingerprint density at radius 2 is 2.31 bits per heavy atom. The van der Waals surface area contributed by atoms with Crippen molar-refractivity contribution in [2.45, 2.75) is 20.0 Å². The van der Waals surface area contributed by atoms with Crippen molar-refractivity contribution in [1.29, 1.82) is 0 Å². The van der Waals surface area contributed by atoms with Crippen LogP contribution in [0.4, 0.5) is 5.82 Å². The summed E-state index contributed by atoms with van der Waals surface area (Å²) in [4.78, 5) is 8.46. The summed E-state index contributed by atoms with van der Waals surface area (Å²) in [6.07, 6.45) is 3.30. The Bertz CT molecular complexity index is 341. The number of nitrogens with zero attached hydrogens (tertiary/aromatic N) is 2. The second-order valence-corrected chi connectivity index (χ2v) is 3.74. The van der Waals surface area contributed by atoms with E-state index in [4.69, 9.17) is 22.7 Å². The van der Waals surface area contributed by atoms with Gasteiger partial charge < -0.3 is 15.8 Å². The van der Waals surface area contributed by atoms with Crippen LogP contribution in [0.15, 0.2) is 12.4 Å². The Kier molecular flexibility index (Phi) is 5.07. The maximum Gasteiger partial charge on any atom is 0.144 e. The van der Waals surface area contributed by atoms with Gasteiger partial charge in [-0.3, -0.25) is 0 Å². The normalized spacial score (nSPS) is 12.1. The van der Waals surface area contributed by atoms with E-state index in [2.05, 4.69) is 15.3 Å². The van der Waals surface area contributed by atoms with Gasteiger partial charge in [-0.15, -0.1) is 0 Å². The highest BCUT2D eigenvalue weighted by Gasteiger charge is 2.02. The predicted octanol–water partition coefficient (Wildman–Crippen LogP) is 0.948. The van der Waals surface area contributed by atoms with Crippen LogP contribution >= 0.6 is 12.2 Å². The molecule has 1 heterocycles. The molecule has 0 aliphatic heterocycles. The third-order valence-electron chi connectivity index (χ3n) is 1.93. The summed E-state index contributed by atoms with van der Waals surface area (Å²) in [6.45, 7) is 5.35. The molecule has 1 aromatic rings. The molecule has 0 fully saturated rings. The Balaban J connectivity index is 2.46. The van der Waals surface area contributed by atoms with Crippen LogP contribution in [0.3, 0.4) is 0 Å². The summed E-state index contributed by atoms with van der Waals surface area (Å²) >= 11 is 4.78. The monoisotopic (exact) mass is 240 g/mol. The minimum atomic E-state index is 0.141. The first-order valence-electron chi connectivity index (χ1n) is 5.10. The number of aromatic nitrogens is 2. The smallest absolute Gasteiger partial charge is 0.144 e. The summed E-state index contributed by atoms with van der Waals surface area (Å²) in [5.74, 6) is 0.687. The van der Waals surface area contributed by atoms with Gasteiger partial charge in [0.15, 0.2) is 0 Å². The van der Waals surface area contributed by atoms with E-state index in [1.54, 1.807) is 12.4 Å². The van der Waals surface area contributed by atoms with Crippen molar-refractivity contribution in [2.24, 2.45) is 5.73 Å². The van der Waals surface area contributed by atoms with E-state index >= 15 is 0 Å². The lowest BCUT2D eigenvalue weighted by Crippen LogP contribution is -2.20. The molecular weight excluding hydrogens is 224 g/mol. The number of hydrogen-bond donors (Lipinski definition) is 2. The maximum atomic E-state index is 5.41. The molecule has 0 aromatic carbocycles. The molecule has 0 radical (unpaired) electrons. The van der Waals surface area contributed by atoms with Gasteiger partial charge in [0.1, 0.15) is 16.5 Å². The highest BCUT2D eigenvalue weighted by Crippen LogP contribution is 2.02. The topological polar surface area (TPSA) is 73.1 Å². The molecule has 0 spiro atoms. The third-order valence-corrected chi connectivity index (χ3v) is 2.14. The molecule has 0 saturated heterocycles. The lowest BCUT2D eigenvalue weighted by molar-refractivity contribution is 0.0855. The molecule has 1 aromatic heterocycles. The van der Waals surface area contributed by atoms with Crippen LogP contribution < -0.4 is 11.1 Å². The largest absolute Gasteiger partial charge is 0.388 e. The summed E-state index contributed by atoms with van der Waals surface area (Å²) < 4.78 is 5.37. The molecule has 88 valence electrons. The van der Waals surface area contributed by atoms with E-state index in [0.717, 1.165) is 0 Å². The van der Waals surface area contributed by atoms with Crippen LogP contribution in [0.1, 0.15) is 19.5 Å². The van der Waals surface area contributed by atoms with Crippen molar-refractivity contribution >= 4 is 23.0 Å². The van der Waals surface area contributed by atoms with Crippen molar-refractivity contribution in [3.05, 3.63) is 18.1 Å². The highest BCUT2D eigenvalue weighted by atomic mass is 32.1. The van der Waals surface area contributed by atoms with Crippen molar-refractivity contribution in [1.82, 2.24) is 9.97 Å². The molecule has 1 rings (SSSR count). The third kappa shape index (κ3) is 4.08. The average molecular weight is 240 g/mol. The van der Waals surface area contributed by atoms with E-state index in [0.29, 0.717) is 24.7 Å². The van der Waals surface area contributed by atoms with Gasteiger partial charge >= 0.3 is 0 Å². The fraction of sp³-hybridized carbons (Fsp3) is 0.500. The molecular formula is C10H16N4OS. The first kappa shape index (κ1) is 12.8. The zero-order chi connectivity index (χ0) is 12.0. The van der Waals surface area contributed by atoms with E-state index in [1.807, 2.05) is 13.8 Å². The number of anilines is 1. The van der Waals surface area contributed by atoms with Gasteiger partial charge in [0.05, 0.1) is 18.5 Å². The standard InChI is InChI=1S/C10H16N4OS/c1-3-15-7(2)4-13-9-6-12-8(5-14-9)10(11)16/h5-7H,3-4H2,1-2H3,(H2,11,16)(H,13,14). The number of hydrogen-bond acceptors (Lipinski definition) is 5. The Labute approximate surface area is 100 Å². The van der Waals surface area contributed by atoms with Crippen LogP contribution in [-0.4, -0.2) is 34.2 Å². The van der Waals surface area contributed by atoms with Crippen LogP contribution in [-0.2, 0) is 4.74 Å². The zero-order valence-corrected chi connectivity index (χ0v) is 10.3. The van der Waals surface area contributed by atoms with Crippen LogP contribution in [0.2, 0.25) is 0 Å². The highest BCUT2D eigenvalue weighted by molar-refractivity contribution is 7.80. The van der Waals surface area contributed by atoms with Crippen molar-refractivity contribution < 1.29 is 4.74 Å². The summed E-state index contributed by atoms with van der Waals surface area (Å²) in [5, 5.41) is 3.11. The fourth-order valence-corrected chi connectivity index (χ4v) is 1.24. The van der Waals surface area contributed by atoms with Crippen molar-refractivity contribution in [3.63, 3.8) is 0 Å². The van der Waals surface area contributed by atoms with Gasteiger partial charge in [0, 0.05) is 13.2 Å². The molecule has 5 nitrogen and oxygen atoms in total. The molecule has 0 saturated carbocycles. The van der Waals surface area contributed by atoms with Crippen molar-refractivity contribution in [3.8, 4) is 0 Å². The molecule has 0 aliphatic rings. The Morgan fingerprint density at radius 1 is 1.56 bits per heavy atom. The predicted molar refractivity (Wildman–Crippen MR) is 67.5 cm³/mol. The number of ether oxygens (including phenoxy) is 1. The minimum Gasteiger partial charge on any atom is -0.388 e. The number of nitrogens with one attached hydrogen (secondary N) is 1. The Hall–Kier alpha value is -1.27. The first-order valence-corrected chi connectivity index (χ1v) is 5.51. The summed E-state index contributed by atoms with van der Waals surface area (Å²) in [6, 6.07) is 0. The van der Waals surface area contributed by atoms with E-state index < -0.39 is 0 Å². The zero-order valence-electron chi connectivity index (χ0n) is 9.43. The van der Waals surface area contributed by atoms with Gasteiger partial charge in [-0.2, -0.15) is 0 Å². The average Bonchev–Trinajstić information content (AvgIpc) is 2.27. The molecule has 1 unspecified atom stereocenters. The van der Waals surface area contributed by atoms with Gasteiger partial charge in [0.2, 0.25) is 0 Å². The van der Waals surface area contributed by atoms with Gasteiger partial charge in [0.25, 0.3) is 0 Å². The lowest BCUT2D eigenvalue weighted by Gasteiger charge is -2.12. The minimum absolute atomic E-state index is 0.141. The van der Waals surface area contributed by atoms with Gasteiger partial charge in [-0.1, -0.05) is 12.2 Å². The molecule has 0 aliphatic carbocycles. The fourth-order valence-electron chi connectivity index (χ4n) is 1.14. The molecule has 3 N–H and O–H groups in total. The number of nitrogens with two attached hydrogens (primary N) is 1. The van der Waals surface area contributed by atoms with E-state index in [9.17, 15) is 0 Å². The van der Waals surface area contributed by atoms with E-state index in [1.165, 1.54) is 0 Å². The lowest BCUT2D eigenvalue weighted by atomic mass is 10.4. The van der Waals surface area contributed by atoms with Crippen LogP contribution in [0.5, 0.6) is 0 Å². The summed E-state index contributed by atoms with van der Waals surface area (Å²) in [7, 11) is 0. The van der Waals surface area contributed by atoms with Crippen LogP contribution in [0, 0.1) is 0 Å². The second kappa shape index (κ2) is 6.34. The summed E-state index contributed by atoms with van der Waals surface area (Å²) in [5.41, 5.74) is 5.94. The van der Waals surface area contributed by atoms with Gasteiger partial charge in [-0.05, 0) is 13.8 Å². The molecule has 0 amide bonds. The second-order valence-electron chi connectivity index (χ2n) is 3.30. The molecule has 16 heavy (non-hydrogen) atoms. The first-order chi connectivity index (χ1) is 7.63. The Morgan fingerprint density at radius 3 is 2.81 bits per heavy atom.